The van der Waals surface area contributed by atoms with Crippen molar-refractivity contribution in [1.29, 1.82) is 0 Å². The minimum atomic E-state index is 0.0590. The molecule has 1 aromatic carbocycles. The summed E-state index contributed by atoms with van der Waals surface area (Å²) in [7, 11) is 0. The first kappa shape index (κ1) is 23.8. The van der Waals surface area contributed by atoms with Crippen molar-refractivity contribution in [2.45, 2.75) is 40.3 Å². The number of carbonyl (C=O) groups is 1. The molecule has 0 N–H and O–H groups in total. The highest BCUT2D eigenvalue weighted by molar-refractivity contribution is 6.31. The van der Waals surface area contributed by atoms with Crippen LogP contribution in [0.3, 0.4) is 0 Å². The normalized spacial score (nSPS) is 15.9. The lowest BCUT2D eigenvalue weighted by Gasteiger charge is -2.20. The van der Waals surface area contributed by atoms with Crippen LogP contribution in [0.4, 0.5) is 5.69 Å². The van der Waals surface area contributed by atoms with Crippen LogP contribution in [0.15, 0.2) is 61.7 Å². The van der Waals surface area contributed by atoms with E-state index >= 15 is 0 Å². The van der Waals surface area contributed by atoms with Gasteiger partial charge in [-0.25, -0.2) is 4.98 Å². The molecule has 6 nitrogen and oxygen atoms in total. The standard InChI is InChI=1S/C27H29ClN4O2/c1-5-11-31(6-2)24-13-19(4)30-26-21(24)8-7-9-25(26)34-17-22-20(14-29-15-23(22)28)16-32-12-10-18(3)27(32)33/h5-9,11,13-15,18H,2,10,12,16-17H2,1,3-4H3/b11-5-. The largest absolute Gasteiger partial charge is 0.487 e. The lowest BCUT2D eigenvalue weighted by Crippen LogP contribution is -2.27. The number of ether oxygens (including phenoxy) is 1. The molecule has 3 heterocycles. The summed E-state index contributed by atoms with van der Waals surface area (Å²) in [5.74, 6) is 0.890. The minimum Gasteiger partial charge on any atom is -0.487 e. The maximum absolute atomic E-state index is 12.4. The molecule has 7 heteroatoms. The zero-order chi connectivity index (χ0) is 24.2. The number of aryl methyl sites for hydroxylation is 1. The SMILES string of the molecule is C=CN(/C=C\C)c1cc(C)nc2c(OCc3c(Cl)cncc3CN3CCC(C)C3=O)cccc12. The quantitative estimate of drug-likeness (QED) is 0.397. The Kier molecular flexibility index (Phi) is 7.17. The van der Waals surface area contributed by atoms with E-state index < -0.39 is 0 Å². The summed E-state index contributed by atoms with van der Waals surface area (Å²) in [4.78, 5) is 25.3. The van der Waals surface area contributed by atoms with Crippen LogP contribution in [0.25, 0.3) is 10.9 Å². The average Bonchev–Trinajstić information content (AvgIpc) is 3.14. The van der Waals surface area contributed by atoms with Crippen molar-refractivity contribution in [3.63, 3.8) is 0 Å². The number of allylic oxidation sites excluding steroid dienone is 1. The van der Waals surface area contributed by atoms with E-state index in [0.717, 1.165) is 46.4 Å². The number of hydrogen-bond donors (Lipinski definition) is 0. The Hall–Kier alpha value is -3.38. The summed E-state index contributed by atoms with van der Waals surface area (Å²) < 4.78 is 6.28. The van der Waals surface area contributed by atoms with Gasteiger partial charge in [-0.2, -0.15) is 0 Å². The lowest BCUT2D eigenvalue weighted by atomic mass is 10.1. The molecule has 1 aliphatic rings. The number of para-hydroxylation sites is 1. The van der Waals surface area contributed by atoms with Gasteiger partial charge < -0.3 is 14.5 Å². The number of halogens is 1. The van der Waals surface area contributed by atoms with Gasteiger partial charge in [0.25, 0.3) is 0 Å². The number of nitrogens with zero attached hydrogens (tertiary/aromatic N) is 4. The number of anilines is 1. The van der Waals surface area contributed by atoms with Crippen LogP contribution in [0.5, 0.6) is 5.75 Å². The Morgan fingerprint density at radius 2 is 2.18 bits per heavy atom. The molecule has 0 spiro atoms. The highest BCUT2D eigenvalue weighted by atomic mass is 35.5. The molecule has 0 bridgehead atoms. The van der Waals surface area contributed by atoms with Gasteiger partial charge in [0.15, 0.2) is 0 Å². The van der Waals surface area contributed by atoms with Crippen LogP contribution < -0.4 is 9.64 Å². The van der Waals surface area contributed by atoms with Gasteiger partial charge in [0.2, 0.25) is 5.91 Å². The molecule has 1 atom stereocenters. The maximum Gasteiger partial charge on any atom is 0.225 e. The molecule has 0 saturated carbocycles. The molecular weight excluding hydrogens is 448 g/mol. The number of pyridine rings is 2. The van der Waals surface area contributed by atoms with E-state index in [-0.39, 0.29) is 18.4 Å². The molecule has 1 amide bonds. The molecule has 0 aliphatic carbocycles. The second-order valence-electron chi connectivity index (χ2n) is 8.50. The van der Waals surface area contributed by atoms with Gasteiger partial charge in [-0.3, -0.25) is 9.78 Å². The number of likely N-dealkylation sites (tertiary alicyclic amines) is 1. The van der Waals surface area contributed by atoms with Crippen LogP contribution in [-0.2, 0) is 17.9 Å². The Balaban J connectivity index is 1.65. The van der Waals surface area contributed by atoms with Gasteiger partial charge in [0.05, 0.1) is 10.7 Å². The first-order valence-electron chi connectivity index (χ1n) is 11.4. The molecule has 176 valence electrons. The van der Waals surface area contributed by atoms with Crippen molar-refractivity contribution in [2.24, 2.45) is 5.92 Å². The number of fused-ring (bicyclic) bond motifs is 1. The zero-order valence-electron chi connectivity index (χ0n) is 19.8. The summed E-state index contributed by atoms with van der Waals surface area (Å²) in [6.45, 7) is 11.3. The Labute approximate surface area is 205 Å². The summed E-state index contributed by atoms with van der Waals surface area (Å²) in [6.07, 6.45) is 9.94. The molecule has 1 saturated heterocycles. The Morgan fingerprint density at radius 3 is 2.88 bits per heavy atom. The van der Waals surface area contributed by atoms with E-state index in [9.17, 15) is 4.79 Å². The predicted octanol–water partition coefficient (Wildman–Crippen LogP) is 6.02. The molecule has 3 aromatic rings. The van der Waals surface area contributed by atoms with Crippen molar-refractivity contribution in [3.8, 4) is 5.75 Å². The van der Waals surface area contributed by atoms with Crippen LogP contribution in [0.2, 0.25) is 5.02 Å². The van der Waals surface area contributed by atoms with Crippen molar-refractivity contribution in [3.05, 3.63) is 83.6 Å². The van der Waals surface area contributed by atoms with E-state index in [1.165, 1.54) is 0 Å². The maximum atomic E-state index is 12.4. The molecule has 0 radical (unpaired) electrons. The second-order valence-corrected chi connectivity index (χ2v) is 8.91. The minimum absolute atomic E-state index is 0.0590. The Morgan fingerprint density at radius 1 is 1.35 bits per heavy atom. The molecule has 34 heavy (non-hydrogen) atoms. The molecule has 1 aliphatic heterocycles. The van der Waals surface area contributed by atoms with E-state index in [1.807, 2.05) is 67.1 Å². The van der Waals surface area contributed by atoms with Crippen molar-refractivity contribution in [1.82, 2.24) is 14.9 Å². The summed E-state index contributed by atoms with van der Waals surface area (Å²) in [5, 5.41) is 1.48. The van der Waals surface area contributed by atoms with Crippen LogP contribution in [0.1, 0.15) is 37.1 Å². The number of aromatic nitrogens is 2. The third kappa shape index (κ3) is 4.77. The fourth-order valence-electron chi connectivity index (χ4n) is 4.27. The number of carbonyl (C=O) groups excluding carboxylic acids is 1. The topological polar surface area (TPSA) is 58.6 Å². The van der Waals surface area contributed by atoms with Gasteiger partial charge in [0.1, 0.15) is 17.9 Å². The summed E-state index contributed by atoms with van der Waals surface area (Å²) >= 11 is 6.52. The van der Waals surface area contributed by atoms with Gasteiger partial charge in [-0.05, 0) is 38.0 Å². The number of amides is 1. The van der Waals surface area contributed by atoms with Crippen molar-refractivity contribution >= 4 is 34.1 Å². The summed E-state index contributed by atoms with van der Waals surface area (Å²) in [5.41, 5.74) is 4.34. The van der Waals surface area contributed by atoms with Crippen LogP contribution in [-0.4, -0.2) is 27.3 Å². The molecule has 1 fully saturated rings. The van der Waals surface area contributed by atoms with Crippen molar-refractivity contribution in [2.75, 3.05) is 11.4 Å². The monoisotopic (exact) mass is 476 g/mol. The van der Waals surface area contributed by atoms with E-state index in [2.05, 4.69) is 11.6 Å². The van der Waals surface area contributed by atoms with Gasteiger partial charge in [-0.1, -0.05) is 43.3 Å². The molecule has 1 unspecified atom stereocenters. The summed E-state index contributed by atoms with van der Waals surface area (Å²) in [6, 6.07) is 7.91. The second kappa shape index (κ2) is 10.3. The molecule has 2 aromatic heterocycles. The Bertz CT molecular complexity index is 1260. The first-order valence-corrected chi connectivity index (χ1v) is 11.8. The van der Waals surface area contributed by atoms with Crippen LogP contribution >= 0.6 is 11.6 Å². The van der Waals surface area contributed by atoms with Gasteiger partial charge >= 0.3 is 0 Å². The van der Waals surface area contributed by atoms with E-state index in [4.69, 9.17) is 21.3 Å². The molecule has 4 rings (SSSR count). The van der Waals surface area contributed by atoms with Gasteiger partial charge in [0, 0.05) is 60.4 Å². The zero-order valence-corrected chi connectivity index (χ0v) is 20.5. The van der Waals surface area contributed by atoms with Gasteiger partial charge in [-0.15, -0.1) is 0 Å². The third-order valence-electron chi connectivity index (χ3n) is 6.09. The van der Waals surface area contributed by atoms with Crippen LogP contribution in [0, 0.1) is 12.8 Å². The smallest absolute Gasteiger partial charge is 0.225 e. The predicted molar refractivity (Wildman–Crippen MR) is 137 cm³/mol. The fourth-order valence-corrected chi connectivity index (χ4v) is 4.50. The first-order chi connectivity index (χ1) is 16.4. The van der Waals surface area contributed by atoms with E-state index in [1.54, 1.807) is 18.6 Å². The lowest BCUT2D eigenvalue weighted by molar-refractivity contribution is -0.131. The third-order valence-corrected chi connectivity index (χ3v) is 6.41. The number of benzene rings is 1. The van der Waals surface area contributed by atoms with E-state index in [0.29, 0.717) is 17.3 Å². The highest BCUT2D eigenvalue weighted by Crippen LogP contribution is 2.34. The fraction of sp³-hybridized carbons (Fsp3) is 0.296. The highest BCUT2D eigenvalue weighted by Gasteiger charge is 2.28. The molecular formula is C27H29ClN4O2. The average molecular weight is 477 g/mol. The van der Waals surface area contributed by atoms with Crippen molar-refractivity contribution < 1.29 is 9.53 Å². The number of rotatable bonds is 8. The number of hydrogen-bond acceptors (Lipinski definition) is 5.